The summed E-state index contributed by atoms with van der Waals surface area (Å²) in [6.07, 6.45) is 3.71. The zero-order chi connectivity index (χ0) is 22.8. The SMILES string of the molecule is COc1cc(N2CCN3[C@@H](CCC[C@@H]3c3ccc(Oc4ccccc4)c(C)c3)C2)ccc1Cl. The van der Waals surface area contributed by atoms with Gasteiger partial charge in [0.15, 0.2) is 0 Å². The molecular formula is C28H31ClN2O2. The number of rotatable bonds is 5. The second-order valence-electron chi connectivity index (χ2n) is 9.04. The van der Waals surface area contributed by atoms with Crippen LogP contribution in [0.5, 0.6) is 17.2 Å². The van der Waals surface area contributed by atoms with Crippen LogP contribution < -0.4 is 14.4 Å². The van der Waals surface area contributed by atoms with Gasteiger partial charge >= 0.3 is 0 Å². The van der Waals surface area contributed by atoms with Crippen LogP contribution in [0.15, 0.2) is 66.7 Å². The summed E-state index contributed by atoms with van der Waals surface area (Å²) in [5.41, 5.74) is 3.78. The maximum Gasteiger partial charge on any atom is 0.139 e. The first-order valence-electron chi connectivity index (χ1n) is 11.8. The normalized spacial score (nSPS) is 20.9. The van der Waals surface area contributed by atoms with Crippen LogP contribution in [0.1, 0.15) is 36.4 Å². The summed E-state index contributed by atoms with van der Waals surface area (Å²) in [5, 5.41) is 0.660. The Morgan fingerprint density at radius 1 is 0.909 bits per heavy atom. The van der Waals surface area contributed by atoms with E-state index in [9.17, 15) is 0 Å². The summed E-state index contributed by atoms with van der Waals surface area (Å²) in [7, 11) is 1.67. The number of benzene rings is 3. The van der Waals surface area contributed by atoms with Crippen molar-refractivity contribution >= 4 is 17.3 Å². The lowest BCUT2D eigenvalue weighted by Crippen LogP contribution is -2.55. The zero-order valence-electron chi connectivity index (χ0n) is 19.3. The highest BCUT2D eigenvalue weighted by atomic mass is 35.5. The molecule has 3 aromatic carbocycles. The largest absolute Gasteiger partial charge is 0.495 e. The molecule has 0 radical (unpaired) electrons. The van der Waals surface area contributed by atoms with Crippen LogP contribution in [0.3, 0.4) is 0 Å². The van der Waals surface area contributed by atoms with Gasteiger partial charge < -0.3 is 14.4 Å². The average molecular weight is 463 g/mol. The monoisotopic (exact) mass is 462 g/mol. The number of halogens is 1. The molecule has 2 aliphatic rings. The fraction of sp³-hybridized carbons (Fsp3) is 0.357. The van der Waals surface area contributed by atoms with E-state index in [1.807, 2.05) is 36.4 Å². The van der Waals surface area contributed by atoms with Crippen LogP contribution in [0, 0.1) is 6.92 Å². The van der Waals surface area contributed by atoms with Crippen molar-refractivity contribution in [2.45, 2.75) is 38.3 Å². The van der Waals surface area contributed by atoms with Crippen molar-refractivity contribution in [3.05, 3.63) is 82.9 Å². The molecule has 2 heterocycles. The third kappa shape index (κ3) is 4.68. The number of piperidine rings is 1. The summed E-state index contributed by atoms with van der Waals surface area (Å²) in [6, 6.07) is 23.8. The number of hydrogen-bond donors (Lipinski definition) is 0. The molecule has 0 aliphatic carbocycles. The Morgan fingerprint density at radius 2 is 1.76 bits per heavy atom. The lowest BCUT2D eigenvalue weighted by atomic mass is 9.88. The first kappa shape index (κ1) is 22.1. The molecule has 0 unspecified atom stereocenters. The van der Waals surface area contributed by atoms with E-state index >= 15 is 0 Å². The number of methoxy groups -OCH3 is 1. The number of fused-ring (bicyclic) bond motifs is 1. The van der Waals surface area contributed by atoms with Gasteiger partial charge in [0.2, 0.25) is 0 Å². The minimum Gasteiger partial charge on any atom is -0.495 e. The van der Waals surface area contributed by atoms with Gasteiger partial charge in [-0.25, -0.2) is 0 Å². The Hall–Kier alpha value is -2.69. The zero-order valence-corrected chi connectivity index (χ0v) is 20.1. The van der Waals surface area contributed by atoms with Crippen molar-refractivity contribution in [3.63, 3.8) is 0 Å². The van der Waals surface area contributed by atoms with Gasteiger partial charge in [0, 0.05) is 43.5 Å². The van der Waals surface area contributed by atoms with Gasteiger partial charge in [-0.15, -0.1) is 0 Å². The number of nitrogens with zero attached hydrogens (tertiary/aromatic N) is 2. The molecule has 0 aromatic heterocycles. The lowest BCUT2D eigenvalue weighted by molar-refractivity contribution is 0.0716. The van der Waals surface area contributed by atoms with Gasteiger partial charge in [-0.2, -0.15) is 0 Å². The quantitative estimate of drug-likeness (QED) is 0.413. The minimum absolute atomic E-state index is 0.468. The molecule has 5 heteroatoms. The molecular weight excluding hydrogens is 432 g/mol. The first-order chi connectivity index (χ1) is 16.1. The summed E-state index contributed by atoms with van der Waals surface area (Å²) in [6.45, 7) is 5.25. The maximum absolute atomic E-state index is 6.24. The van der Waals surface area contributed by atoms with Crippen molar-refractivity contribution in [1.82, 2.24) is 4.90 Å². The Bertz CT molecular complexity index is 1100. The molecule has 2 fully saturated rings. The third-order valence-electron chi connectivity index (χ3n) is 7.00. The van der Waals surface area contributed by atoms with E-state index in [4.69, 9.17) is 21.1 Å². The van der Waals surface area contributed by atoms with Crippen LogP contribution in [-0.2, 0) is 0 Å². The number of piperazine rings is 1. The number of aryl methyl sites for hydroxylation is 1. The van der Waals surface area contributed by atoms with Crippen molar-refractivity contribution in [2.24, 2.45) is 0 Å². The highest BCUT2D eigenvalue weighted by molar-refractivity contribution is 6.32. The van der Waals surface area contributed by atoms with E-state index in [-0.39, 0.29) is 0 Å². The van der Waals surface area contributed by atoms with Gasteiger partial charge in [0.05, 0.1) is 12.1 Å². The minimum atomic E-state index is 0.468. The second kappa shape index (κ2) is 9.66. The average Bonchev–Trinajstić information content (AvgIpc) is 2.85. The van der Waals surface area contributed by atoms with Gasteiger partial charge in [0.1, 0.15) is 17.2 Å². The molecule has 0 saturated carbocycles. The van der Waals surface area contributed by atoms with E-state index in [0.717, 1.165) is 36.9 Å². The molecule has 0 bridgehead atoms. The van der Waals surface area contributed by atoms with Gasteiger partial charge in [-0.05, 0) is 67.6 Å². The van der Waals surface area contributed by atoms with Crippen molar-refractivity contribution < 1.29 is 9.47 Å². The molecule has 0 amide bonds. The molecule has 33 heavy (non-hydrogen) atoms. The summed E-state index contributed by atoms with van der Waals surface area (Å²) < 4.78 is 11.5. The van der Waals surface area contributed by atoms with E-state index in [1.165, 1.54) is 36.1 Å². The Balaban J connectivity index is 1.31. The van der Waals surface area contributed by atoms with Gasteiger partial charge in [-0.1, -0.05) is 41.9 Å². The van der Waals surface area contributed by atoms with Crippen molar-refractivity contribution in [3.8, 4) is 17.2 Å². The molecule has 5 rings (SSSR count). The fourth-order valence-electron chi connectivity index (χ4n) is 5.30. The number of para-hydroxylation sites is 1. The van der Waals surface area contributed by atoms with Crippen LogP contribution in [0.4, 0.5) is 5.69 Å². The number of anilines is 1. The first-order valence-corrected chi connectivity index (χ1v) is 12.2. The van der Waals surface area contributed by atoms with E-state index in [1.54, 1.807) is 7.11 Å². The number of hydrogen-bond acceptors (Lipinski definition) is 4. The Morgan fingerprint density at radius 3 is 2.55 bits per heavy atom. The molecule has 3 aromatic rings. The smallest absolute Gasteiger partial charge is 0.139 e. The molecule has 2 saturated heterocycles. The molecule has 2 aliphatic heterocycles. The summed E-state index contributed by atoms with van der Waals surface area (Å²) in [4.78, 5) is 5.20. The molecule has 0 N–H and O–H groups in total. The molecule has 0 spiro atoms. The molecule has 172 valence electrons. The predicted molar refractivity (Wildman–Crippen MR) is 135 cm³/mol. The molecule has 4 nitrogen and oxygen atoms in total. The third-order valence-corrected chi connectivity index (χ3v) is 7.31. The topological polar surface area (TPSA) is 24.9 Å². The highest BCUT2D eigenvalue weighted by Crippen LogP contribution is 2.39. The lowest BCUT2D eigenvalue weighted by Gasteiger charge is -2.49. The van der Waals surface area contributed by atoms with Crippen LogP contribution in [-0.4, -0.2) is 37.7 Å². The van der Waals surface area contributed by atoms with E-state index in [2.05, 4.69) is 47.1 Å². The fourth-order valence-corrected chi connectivity index (χ4v) is 5.49. The van der Waals surface area contributed by atoms with Crippen molar-refractivity contribution in [1.29, 1.82) is 0 Å². The molecule has 2 atom stereocenters. The van der Waals surface area contributed by atoms with Crippen LogP contribution in [0.25, 0.3) is 0 Å². The van der Waals surface area contributed by atoms with Gasteiger partial charge in [0.25, 0.3) is 0 Å². The number of ether oxygens (including phenoxy) is 2. The standard InChI is InChI=1S/C28H31ClN2O2/c1-20-17-21(11-14-27(20)33-24-8-4-3-5-9-24)26-10-6-7-23-19-30(15-16-31(23)26)22-12-13-25(29)28(18-22)32-2/h3-5,8-9,11-14,17-18,23,26H,6-7,10,15-16,19H2,1-2H3/t23-,26+/m0/s1. The van der Waals surface area contributed by atoms with E-state index in [0.29, 0.717) is 17.1 Å². The van der Waals surface area contributed by atoms with Crippen LogP contribution in [0.2, 0.25) is 5.02 Å². The second-order valence-corrected chi connectivity index (χ2v) is 9.45. The van der Waals surface area contributed by atoms with E-state index < -0.39 is 0 Å². The highest BCUT2D eigenvalue weighted by Gasteiger charge is 2.36. The van der Waals surface area contributed by atoms with Crippen molar-refractivity contribution in [2.75, 3.05) is 31.6 Å². The summed E-state index contributed by atoms with van der Waals surface area (Å²) in [5.74, 6) is 2.55. The van der Waals surface area contributed by atoms with Gasteiger partial charge in [-0.3, -0.25) is 4.90 Å². The predicted octanol–water partition coefficient (Wildman–Crippen LogP) is 6.87. The summed E-state index contributed by atoms with van der Waals surface area (Å²) >= 11 is 6.24. The Kier molecular flexibility index (Phi) is 6.48. The maximum atomic E-state index is 6.24. The van der Waals surface area contributed by atoms with Crippen LogP contribution >= 0.6 is 11.6 Å². The Labute approximate surface area is 201 Å².